The molecule has 0 aromatic heterocycles. The van der Waals surface area contributed by atoms with Gasteiger partial charge in [-0.25, -0.2) is 0 Å². The average Bonchev–Trinajstić information content (AvgIpc) is 2.61. The fourth-order valence-corrected chi connectivity index (χ4v) is 2.53. The summed E-state index contributed by atoms with van der Waals surface area (Å²) in [5, 5.41) is 3.42. The number of nitrogens with one attached hydrogen (secondary N) is 1. The number of hydrogen-bond donors (Lipinski definition) is 1. The highest BCUT2D eigenvalue weighted by Crippen LogP contribution is 2.17. The second kappa shape index (κ2) is 9.04. The van der Waals surface area contributed by atoms with E-state index >= 15 is 0 Å². The van der Waals surface area contributed by atoms with Gasteiger partial charge >= 0.3 is 0 Å². The number of likely N-dealkylation sites (N-methyl/N-ethyl adjacent to an activating group) is 1. The van der Waals surface area contributed by atoms with Gasteiger partial charge in [-0.1, -0.05) is 54.9 Å². The van der Waals surface area contributed by atoms with E-state index in [1.54, 1.807) is 19.2 Å². The van der Waals surface area contributed by atoms with Gasteiger partial charge < -0.3 is 10.2 Å². The van der Waals surface area contributed by atoms with Crippen molar-refractivity contribution < 1.29 is 9.59 Å². The van der Waals surface area contributed by atoms with Crippen LogP contribution < -0.4 is 5.32 Å². The van der Waals surface area contributed by atoms with Crippen LogP contribution in [0.1, 0.15) is 18.1 Å². The molecule has 0 spiro atoms. The first-order chi connectivity index (χ1) is 12.0. The minimum Gasteiger partial charge on any atom is -0.333 e. The summed E-state index contributed by atoms with van der Waals surface area (Å²) in [6, 6.07) is 14.9. The van der Waals surface area contributed by atoms with Crippen LogP contribution in [0.4, 0.5) is 5.69 Å². The first-order valence-electron chi connectivity index (χ1n) is 8.06. The van der Waals surface area contributed by atoms with Gasteiger partial charge in [0.2, 0.25) is 11.8 Å². The molecule has 2 rings (SSSR count). The lowest BCUT2D eigenvalue weighted by Gasteiger charge is -2.16. The Kier molecular flexibility index (Phi) is 6.78. The predicted octanol–water partition coefficient (Wildman–Crippen LogP) is 4.01. The van der Waals surface area contributed by atoms with Gasteiger partial charge in [0.25, 0.3) is 0 Å². The van der Waals surface area contributed by atoms with E-state index < -0.39 is 0 Å². The molecule has 2 amide bonds. The number of nitrogens with zero attached hydrogens (tertiary/aromatic N) is 1. The van der Waals surface area contributed by atoms with E-state index in [-0.39, 0.29) is 18.4 Å². The Labute approximate surface area is 153 Å². The van der Waals surface area contributed by atoms with Gasteiger partial charge in [0, 0.05) is 23.8 Å². The molecule has 5 heteroatoms. The Balaban J connectivity index is 1.94. The van der Waals surface area contributed by atoms with Crippen LogP contribution in [0, 0.1) is 0 Å². The normalized spacial score (nSPS) is 10.7. The predicted molar refractivity (Wildman–Crippen MR) is 103 cm³/mol. The molecule has 0 heterocycles. The number of aryl methyl sites for hydroxylation is 1. The molecular weight excluding hydrogens is 336 g/mol. The topological polar surface area (TPSA) is 49.4 Å². The zero-order valence-electron chi connectivity index (χ0n) is 14.3. The number of hydrogen-bond acceptors (Lipinski definition) is 2. The Bertz CT molecular complexity index is 787. The molecule has 0 saturated heterocycles. The maximum Gasteiger partial charge on any atom is 0.246 e. The van der Waals surface area contributed by atoms with Crippen LogP contribution in [0.25, 0.3) is 6.08 Å². The molecule has 0 fully saturated rings. The number of benzene rings is 2. The molecule has 25 heavy (non-hydrogen) atoms. The molecule has 130 valence electrons. The van der Waals surface area contributed by atoms with Crippen LogP contribution in [-0.4, -0.2) is 30.3 Å². The summed E-state index contributed by atoms with van der Waals surface area (Å²) >= 11 is 6.05. The number of rotatable bonds is 6. The maximum atomic E-state index is 12.2. The van der Waals surface area contributed by atoms with Gasteiger partial charge in [-0.2, -0.15) is 0 Å². The van der Waals surface area contributed by atoms with Crippen molar-refractivity contribution in [2.45, 2.75) is 13.3 Å². The average molecular weight is 357 g/mol. The van der Waals surface area contributed by atoms with Crippen molar-refractivity contribution in [3.05, 3.63) is 70.8 Å². The molecule has 2 aromatic carbocycles. The Hall–Kier alpha value is -2.59. The van der Waals surface area contributed by atoms with Gasteiger partial charge in [0.05, 0.1) is 6.54 Å². The van der Waals surface area contributed by atoms with Crippen LogP contribution in [-0.2, 0) is 16.0 Å². The van der Waals surface area contributed by atoms with E-state index in [0.717, 1.165) is 23.2 Å². The molecule has 0 aliphatic carbocycles. The second-order valence-corrected chi connectivity index (χ2v) is 6.02. The minimum absolute atomic E-state index is 0.0241. The summed E-state index contributed by atoms with van der Waals surface area (Å²) in [7, 11) is 1.59. The van der Waals surface area contributed by atoms with E-state index in [2.05, 4.69) is 5.32 Å². The highest BCUT2D eigenvalue weighted by molar-refractivity contribution is 6.32. The van der Waals surface area contributed by atoms with Crippen molar-refractivity contribution in [3.8, 4) is 0 Å². The van der Waals surface area contributed by atoms with Crippen LogP contribution in [0.2, 0.25) is 5.02 Å². The number of carbonyl (C=O) groups is 2. The molecule has 1 N–H and O–H groups in total. The zero-order chi connectivity index (χ0) is 18.2. The highest BCUT2D eigenvalue weighted by atomic mass is 35.5. The van der Waals surface area contributed by atoms with E-state index in [4.69, 9.17) is 11.6 Å². The SMILES string of the molecule is CCc1ccccc1NC(=O)CN(C)C(=O)/C=C/c1ccccc1Cl. The molecule has 0 aliphatic rings. The fourth-order valence-electron chi connectivity index (χ4n) is 2.33. The molecule has 0 atom stereocenters. The third kappa shape index (κ3) is 5.47. The smallest absolute Gasteiger partial charge is 0.246 e. The van der Waals surface area contributed by atoms with E-state index in [1.165, 1.54) is 11.0 Å². The number of amides is 2. The van der Waals surface area contributed by atoms with Crippen LogP contribution >= 0.6 is 11.6 Å². The van der Waals surface area contributed by atoms with Crippen molar-refractivity contribution in [1.82, 2.24) is 4.90 Å². The van der Waals surface area contributed by atoms with Gasteiger partial charge in [-0.05, 0) is 35.8 Å². The minimum atomic E-state index is -0.265. The Morgan fingerprint density at radius 2 is 1.80 bits per heavy atom. The quantitative estimate of drug-likeness (QED) is 0.795. The second-order valence-electron chi connectivity index (χ2n) is 5.61. The molecular formula is C20H21ClN2O2. The Morgan fingerprint density at radius 1 is 1.12 bits per heavy atom. The lowest BCUT2D eigenvalue weighted by Crippen LogP contribution is -2.34. The van der Waals surface area contributed by atoms with E-state index in [1.807, 2.05) is 49.4 Å². The number of para-hydroxylation sites is 1. The number of anilines is 1. The molecule has 0 aliphatic heterocycles. The lowest BCUT2D eigenvalue weighted by atomic mass is 10.1. The molecule has 2 aromatic rings. The van der Waals surface area contributed by atoms with Crippen LogP contribution in [0.15, 0.2) is 54.6 Å². The van der Waals surface area contributed by atoms with Crippen molar-refractivity contribution in [1.29, 1.82) is 0 Å². The van der Waals surface area contributed by atoms with Crippen molar-refractivity contribution in [2.75, 3.05) is 18.9 Å². The van der Waals surface area contributed by atoms with Gasteiger partial charge in [0.1, 0.15) is 0 Å². The molecule has 0 saturated carbocycles. The largest absolute Gasteiger partial charge is 0.333 e. The summed E-state index contributed by atoms with van der Waals surface area (Å²) in [5.41, 5.74) is 2.60. The molecule has 0 unspecified atom stereocenters. The van der Waals surface area contributed by atoms with Crippen LogP contribution in [0.3, 0.4) is 0 Å². The summed E-state index contributed by atoms with van der Waals surface area (Å²) in [4.78, 5) is 25.7. The molecule has 0 radical (unpaired) electrons. The van der Waals surface area contributed by atoms with Gasteiger partial charge in [0.15, 0.2) is 0 Å². The Morgan fingerprint density at radius 3 is 2.52 bits per heavy atom. The number of carbonyl (C=O) groups excluding carboxylic acids is 2. The van der Waals surface area contributed by atoms with Crippen molar-refractivity contribution in [3.63, 3.8) is 0 Å². The van der Waals surface area contributed by atoms with Gasteiger partial charge in [-0.3, -0.25) is 9.59 Å². The van der Waals surface area contributed by atoms with E-state index in [0.29, 0.717) is 5.02 Å². The summed E-state index contributed by atoms with van der Waals surface area (Å²) in [6.45, 7) is 2.00. The first-order valence-corrected chi connectivity index (χ1v) is 8.44. The van der Waals surface area contributed by atoms with Gasteiger partial charge in [-0.15, -0.1) is 0 Å². The lowest BCUT2D eigenvalue weighted by molar-refractivity contribution is -0.129. The first kappa shape index (κ1) is 18.7. The van der Waals surface area contributed by atoms with Crippen LogP contribution in [0.5, 0.6) is 0 Å². The third-order valence-corrected chi connectivity index (χ3v) is 4.08. The zero-order valence-corrected chi connectivity index (χ0v) is 15.1. The third-order valence-electron chi connectivity index (χ3n) is 3.74. The molecule has 0 bridgehead atoms. The number of halogens is 1. The summed E-state index contributed by atoms with van der Waals surface area (Å²) in [6.07, 6.45) is 3.88. The maximum absolute atomic E-state index is 12.2. The fraction of sp³-hybridized carbons (Fsp3) is 0.200. The summed E-state index contributed by atoms with van der Waals surface area (Å²) < 4.78 is 0. The standard InChI is InChI=1S/C20H21ClN2O2/c1-3-15-8-5-7-11-18(15)22-19(24)14-23(2)20(25)13-12-16-9-4-6-10-17(16)21/h4-13H,3,14H2,1-2H3,(H,22,24)/b13-12+. The summed E-state index contributed by atoms with van der Waals surface area (Å²) in [5.74, 6) is -0.498. The van der Waals surface area contributed by atoms with Crippen molar-refractivity contribution >= 4 is 35.2 Å². The van der Waals surface area contributed by atoms with E-state index in [9.17, 15) is 9.59 Å². The molecule has 4 nitrogen and oxygen atoms in total. The monoisotopic (exact) mass is 356 g/mol. The highest BCUT2D eigenvalue weighted by Gasteiger charge is 2.12. The van der Waals surface area contributed by atoms with Crippen molar-refractivity contribution in [2.24, 2.45) is 0 Å².